The molecule has 1 saturated heterocycles. The highest BCUT2D eigenvalue weighted by Gasteiger charge is 2.31. The van der Waals surface area contributed by atoms with E-state index in [2.05, 4.69) is 29.2 Å². The van der Waals surface area contributed by atoms with Gasteiger partial charge >= 0.3 is 0 Å². The number of likely N-dealkylation sites (tertiary alicyclic amines) is 1. The predicted molar refractivity (Wildman–Crippen MR) is 134 cm³/mol. The molecule has 0 unspecified atom stereocenters. The van der Waals surface area contributed by atoms with Crippen molar-refractivity contribution in [1.82, 2.24) is 15.5 Å². The third-order valence-corrected chi connectivity index (χ3v) is 6.08. The number of halogens is 1. The Balaban J connectivity index is 1.47. The van der Waals surface area contributed by atoms with Gasteiger partial charge in [0.25, 0.3) is 0 Å². The minimum absolute atomic E-state index is 0.153. The van der Waals surface area contributed by atoms with Crippen LogP contribution in [0.4, 0.5) is 4.39 Å². The smallest absolute Gasteiger partial charge is 0.243 e. The van der Waals surface area contributed by atoms with Crippen LogP contribution in [0.15, 0.2) is 30.9 Å². The van der Waals surface area contributed by atoms with Gasteiger partial charge in [0.05, 0.1) is 46.8 Å². The van der Waals surface area contributed by atoms with Crippen molar-refractivity contribution in [3.05, 3.63) is 42.2 Å². The summed E-state index contributed by atoms with van der Waals surface area (Å²) in [4.78, 5) is 13.3. The Morgan fingerprint density at radius 1 is 1.06 bits per heavy atom. The summed E-state index contributed by atoms with van der Waals surface area (Å²) in [5, 5.41) is 6.09. The number of rotatable bonds is 19. The van der Waals surface area contributed by atoms with Gasteiger partial charge in [-0.2, -0.15) is 0 Å². The highest BCUT2D eigenvalue weighted by Crippen LogP contribution is 2.30. The van der Waals surface area contributed by atoms with E-state index in [0.29, 0.717) is 63.8 Å². The van der Waals surface area contributed by atoms with Gasteiger partial charge in [0, 0.05) is 26.2 Å². The van der Waals surface area contributed by atoms with Gasteiger partial charge in [0.1, 0.15) is 11.6 Å². The van der Waals surface area contributed by atoms with Gasteiger partial charge in [0.2, 0.25) is 5.91 Å². The van der Waals surface area contributed by atoms with E-state index in [-0.39, 0.29) is 11.7 Å². The summed E-state index contributed by atoms with van der Waals surface area (Å²) in [5.41, 5.74) is 0.738. The van der Waals surface area contributed by atoms with Crippen LogP contribution in [-0.2, 0) is 25.4 Å². The molecule has 0 aliphatic carbocycles. The maximum absolute atomic E-state index is 14.3. The molecule has 2 rings (SSSR count). The van der Waals surface area contributed by atoms with Gasteiger partial charge in [-0.3, -0.25) is 4.79 Å². The van der Waals surface area contributed by atoms with Crippen molar-refractivity contribution in [2.45, 2.75) is 12.8 Å². The first-order valence-corrected chi connectivity index (χ1v) is 12.4. The Hall–Kier alpha value is -2.04. The first kappa shape index (κ1) is 29.2. The topological polar surface area (TPSA) is 81.3 Å². The molecule has 8 nitrogen and oxygen atoms in total. The van der Waals surface area contributed by atoms with Crippen molar-refractivity contribution < 1.29 is 28.1 Å². The van der Waals surface area contributed by atoms with Gasteiger partial charge < -0.3 is 34.5 Å². The molecule has 0 saturated carbocycles. The second-order valence-electron chi connectivity index (χ2n) is 8.77. The second-order valence-corrected chi connectivity index (χ2v) is 8.77. The van der Waals surface area contributed by atoms with Crippen LogP contribution in [0.25, 0.3) is 0 Å². The van der Waals surface area contributed by atoms with Crippen molar-refractivity contribution in [3.63, 3.8) is 0 Å². The molecule has 2 N–H and O–H groups in total. The molecule has 0 spiro atoms. The molecule has 0 aromatic heterocycles. The van der Waals surface area contributed by atoms with Crippen LogP contribution in [0.2, 0.25) is 0 Å². The fraction of sp³-hybridized carbons (Fsp3) is 0.654. The van der Waals surface area contributed by atoms with E-state index in [1.54, 1.807) is 13.2 Å². The monoisotopic (exact) mass is 495 g/mol. The Kier molecular flexibility index (Phi) is 14.5. The van der Waals surface area contributed by atoms with Crippen LogP contribution in [0, 0.1) is 17.7 Å². The number of carbonyl (C=O) groups is 1. The van der Waals surface area contributed by atoms with Crippen LogP contribution < -0.4 is 15.4 Å². The molecule has 9 heteroatoms. The average molecular weight is 496 g/mol. The predicted octanol–water partition coefficient (Wildman–Crippen LogP) is 1.89. The molecule has 198 valence electrons. The SMILES string of the molecule is C=CC(=O)NCCOCCOCCOCCNCC[C@@H]1CN(C)C[C@H]1Cc1cc(OC)ccc1F. The molecule has 1 amide bonds. The summed E-state index contributed by atoms with van der Waals surface area (Å²) in [6, 6.07) is 4.99. The Bertz CT molecular complexity index is 752. The zero-order chi connectivity index (χ0) is 25.3. The highest BCUT2D eigenvalue weighted by atomic mass is 19.1. The number of carbonyl (C=O) groups excluding carboxylic acids is 1. The van der Waals surface area contributed by atoms with Crippen LogP contribution in [0.1, 0.15) is 12.0 Å². The van der Waals surface area contributed by atoms with Gasteiger partial charge in [-0.1, -0.05) is 6.58 Å². The van der Waals surface area contributed by atoms with E-state index in [0.717, 1.165) is 44.6 Å². The van der Waals surface area contributed by atoms with Crippen molar-refractivity contribution >= 4 is 5.91 Å². The standard InChI is InChI=1S/C26H42FN3O5/c1-4-26(31)29-10-12-34-14-16-35-15-13-33-11-9-28-8-7-21-19-30(2)20-23(21)17-22-18-24(32-3)5-6-25(22)27/h4-6,18,21,23,28H,1,7-17,19-20H2,2-3H3,(H,29,31)/t21-,23-/m1/s1. The van der Waals surface area contributed by atoms with Crippen molar-refractivity contribution in [1.29, 1.82) is 0 Å². The summed E-state index contributed by atoms with van der Waals surface area (Å²) in [6.45, 7) is 10.7. The number of hydrogen-bond acceptors (Lipinski definition) is 7. The summed E-state index contributed by atoms with van der Waals surface area (Å²) in [5.74, 6) is 1.32. The summed E-state index contributed by atoms with van der Waals surface area (Å²) in [6.07, 6.45) is 3.02. The maximum atomic E-state index is 14.3. The minimum Gasteiger partial charge on any atom is -0.497 e. The van der Waals surface area contributed by atoms with E-state index < -0.39 is 0 Å². The number of methoxy groups -OCH3 is 1. The van der Waals surface area contributed by atoms with Gasteiger partial charge in [-0.15, -0.1) is 0 Å². The summed E-state index contributed by atoms with van der Waals surface area (Å²) >= 11 is 0. The molecule has 2 atom stereocenters. The van der Waals surface area contributed by atoms with Crippen molar-refractivity contribution in [2.75, 3.05) is 86.5 Å². The molecule has 1 heterocycles. The van der Waals surface area contributed by atoms with Gasteiger partial charge in [-0.25, -0.2) is 4.39 Å². The average Bonchev–Trinajstić information content (AvgIpc) is 3.21. The van der Waals surface area contributed by atoms with Gasteiger partial charge in [0.15, 0.2) is 0 Å². The highest BCUT2D eigenvalue weighted by molar-refractivity contribution is 5.86. The number of nitrogens with one attached hydrogen (secondary N) is 2. The zero-order valence-electron chi connectivity index (χ0n) is 21.2. The molecule has 1 aromatic carbocycles. The van der Waals surface area contributed by atoms with Crippen LogP contribution >= 0.6 is 0 Å². The molecule has 1 aliphatic rings. The quantitative estimate of drug-likeness (QED) is 0.224. The summed E-state index contributed by atoms with van der Waals surface area (Å²) in [7, 11) is 3.74. The lowest BCUT2D eigenvalue weighted by atomic mass is 9.87. The first-order chi connectivity index (χ1) is 17.0. The van der Waals surface area contributed by atoms with Crippen LogP contribution in [0.3, 0.4) is 0 Å². The maximum Gasteiger partial charge on any atom is 0.243 e. The summed E-state index contributed by atoms with van der Waals surface area (Å²) < 4.78 is 35.9. The molecular weight excluding hydrogens is 453 g/mol. The van der Waals surface area contributed by atoms with Crippen molar-refractivity contribution in [2.24, 2.45) is 11.8 Å². The fourth-order valence-corrected chi connectivity index (χ4v) is 4.27. The lowest BCUT2D eigenvalue weighted by Crippen LogP contribution is -2.26. The molecule has 35 heavy (non-hydrogen) atoms. The number of ether oxygens (including phenoxy) is 4. The van der Waals surface area contributed by atoms with E-state index in [1.165, 1.54) is 12.1 Å². The molecule has 0 radical (unpaired) electrons. The second kappa shape index (κ2) is 17.4. The number of hydrogen-bond donors (Lipinski definition) is 2. The van der Waals surface area contributed by atoms with E-state index in [4.69, 9.17) is 18.9 Å². The lowest BCUT2D eigenvalue weighted by Gasteiger charge is -2.19. The van der Waals surface area contributed by atoms with Gasteiger partial charge in [-0.05, 0) is 68.1 Å². The number of benzene rings is 1. The normalized spacial score (nSPS) is 18.0. The molecular formula is C26H42FN3O5. The minimum atomic E-state index is -0.201. The number of nitrogens with zero attached hydrogens (tertiary/aromatic N) is 1. The third kappa shape index (κ3) is 12.0. The lowest BCUT2D eigenvalue weighted by molar-refractivity contribution is -0.116. The Morgan fingerprint density at radius 2 is 1.71 bits per heavy atom. The Morgan fingerprint density at radius 3 is 2.40 bits per heavy atom. The Labute approximate surface area is 209 Å². The molecule has 1 aliphatic heterocycles. The molecule has 1 fully saturated rings. The van der Waals surface area contributed by atoms with E-state index >= 15 is 0 Å². The third-order valence-electron chi connectivity index (χ3n) is 6.08. The first-order valence-electron chi connectivity index (χ1n) is 12.4. The molecule has 1 aromatic rings. The van der Waals surface area contributed by atoms with E-state index in [9.17, 15) is 9.18 Å². The van der Waals surface area contributed by atoms with Crippen molar-refractivity contribution in [3.8, 4) is 5.75 Å². The largest absolute Gasteiger partial charge is 0.497 e. The number of amides is 1. The van der Waals surface area contributed by atoms with Crippen LogP contribution in [0.5, 0.6) is 5.75 Å². The fourth-order valence-electron chi connectivity index (χ4n) is 4.27. The van der Waals surface area contributed by atoms with E-state index in [1.807, 2.05) is 6.07 Å². The molecule has 0 bridgehead atoms. The van der Waals surface area contributed by atoms with Crippen LogP contribution in [-0.4, -0.2) is 97.3 Å². The zero-order valence-corrected chi connectivity index (χ0v) is 21.2.